The van der Waals surface area contributed by atoms with Gasteiger partial charge in [-0.1, -0.05) is 54.6 Å². The first kappa shape index (κ1) is 35.4. The first-order chi connectivity index (χ1) is 25.2. The summed E-state index contributed by atoms with van der Waals surface area (Å²) >= 11 is 0. The monoisotopic (exact) mass is 707 g/mol. The Morgan fingerprint density at radius 3 is 2.46 bits per heavy atom. The van der Waals surface area contributed by atoms with Crippen molar-refractivity contribution in [2.45, 2.75) is 50.7 Å². The molecule has 2 aromatic carbocycles. The lowest BCUT2D eigenvalue weighted by atomic mass is 9.98. The molecule has 13 heteroatoms. The van der Waals surface area contributed by atoms with Crippen LogP contribution >= 0.6 is 0 Å². The molecule has 4 saturated heterocycles. The van der Waals surface area contributed by atoms with Crippen molar-refractivity contribution < 1.29 is 19.5 Å². The molecule has 7 rings (SSSR count). The average Bonchev–Trinajstić information content (AvgIpc) is 3.11. The summed E-state index contributed by atoms with van der Waals surface area (Å²) in [6, 6.07) is 22.0. The minimum Gasteiger partial charge on any atom is -0.508 e. The number of pyridine rings is 1. The molecule has 0 saturated carbocycles. The van der Waals surface area contributed by atoms with E-state index in [2.05, 4.69) is 40.6 Å². The molecular weight excluding hydrogens is 658 g/mol. The summed E-state index contributed by atoms with van der Waals surface area (Å²) < 4.78 is 0. The zero-order chi connectivity index (χ0) is 36.4. The fourth-order valence-electron chi connectivity index (χ4n) is 8.03. The number of rotatable bonds is 10. The number of piperazine rings is 2. The van der Waals surface area contributed by atoms with Crippen LogP contribution in [0, 0.1) is 0 Å². The minimum absolute atomic E-state index is 0.0754. The second kappa shape index (κ2) is 15.3. The molecule has 13 nitrogen and oxygen atoms in total. The number of anilines is 1. The van der Waals surface area contributed by atoms with Crippen molar-refractivity contribution in [2.24, 2.45) is 0 Å². The van der Waals surface area contributed by atoms with Crippen LogP contribution in [-0.4, -0.2) is 141 Å². The van der Waals surface area contributed by atoms with Gasteiger partial charge in [-0.2, -0.15) is 0 Å². The maximum Gasteiger partial charge on any atom is 0.334 e. The summed E-state index contributed by atoms with van der Waals surface area (Å²) in [4.78, 5) is 58.0. The van der Waals surface area contributed by atoms with Crippen molar-refractivity contribution in [3.05, 3.63) is 102 Å². The Morgan fingerprint density at radius 2 is 1.73 bits per heavy atom. The third-order valence-electron chi connectivity index (χ3n) is 10.7. The minimum atomic E-state index is -0.865. The van der Waals surface area contributed by atoms with E-state index in [-0.39, 0.29) is 56.2 Å². The topological polar surface area (TPSA) is 119 Å². The predicted octanol–water partition coefficient (Wildman–Crippen LogP) is 2.35. The summed E-state index contributed by atoms with van der Waals surface area (Å²) in [6.45, 7) is 12.1. The number of carbonyl (C=O) groups is 3. The van der Waals surface area contributed by atoms with Crippen LogP contribution in [0.3, 0.4) is 0 Å². The first-order valence-electron chi connectivity index (χ1n) is 18.2. The van der Waals surface area contributed by atoms with Gasteiger partial charge in [0.2, 0.25) is 11.8 Å². The number of likely N-dealkylation sites (N-methyl/N-ethyl adjacent to an activating group) is 1. The zero-order valence-corrected chi connectivity index (χ0v) is 30.0. The molecule has 2 N–H and O–H groups in total. The summed E-state index contributed by atoms with van der Waals surface area (Å²) in [7, 11) is 2.18. The molecule has 0 aliphatic carbocycles. The third kappa shape index (κ3) is 7.48. The Morgan fingerprint density at radius 1 is 0.962 bits per heavy atom. The molecule has 4 aliphatic rings. The van der Waals surface area contributed by atoms with Crippen LogP contribution in [-0.2, 0) is 29.1 Å². The number of nitrogens with one attached hydrogen (secondary N) is 1. The quantitative estimate of drug-likeness (QED) is 0.307. The zero-order valence-electron chi connectivity index (χ0n) is 30.0. The van der Waals surface area contributed by atoms with Gasteiger partial charge in [0.15, 0.2) is 0 Å². The van der Waals surface area contributed by atoms with Gasteiger partial charge in [-0.15, -0.1) is 6.58 Å². The van der Waals surface area contributed by atoms with Gasteiger partial charge in [0, 0.05) is 64.3 Å². The number of carbonyl (C=O) groups excluding carboxylic acids is 3. The number of urea groups is 1. The van der Waals surface area contributed by atoms with Crippen molar-refractivity contribution >= 4 is 23.7 Å². The Labute approximate surface area is 305 Å². The Hall–Kier alpha value is -4.98. The van der Waals surface area contributed by atoms with E-state index in [4.69, 9.17) is 4.98 Å². The SMILES string of the molecule is C=CCN1CC(=O)N2C(CN(Cc3cccc(N4CC(N5CCN(C)C[C@@H]5C)C4)n3)C(=O)[C@@H]2Cc2ccc(O)cc2)N1C(=O)NCc1ccccc1. The number of benzene rings is 2. The molecule has 4 amide bonds. The number of aromatic hydroxyl groups is 1. The lowest BCUT2D eigenvalue weighted by Gasteiger charge is -2.55. The molecule has 1 aromatic heterocycles. The molecule has 274 valence electrons. The van der Waals surface area contributed by atoms with Crippen LogP contribution in [0.4, 0.5) is 10.6 Å². The second-order valence-electron chi connectivity index (χ2n) is 14.4. The molecule has 5 heterocycles. The highest BCUT2D eigenvalue weighted by Gasteiger charge is 2.51. The number of hydrazine groups is 1. The molecule has 1 unspecified atom stereocenters. The highest BCUT2D eigenvalue weighted by Crippen LogP contribution is 2.30. The third-order valence-corrected chi connectivity index (χ3v) is 10.7. The van der Waals surface area contributed by atoms with Crippen LogP contribution < -0.4 is 10.2 Å². The summed E-state index contributed by atoms with van der Waals surface area (Å²) in [5.41, 5.74) is 2.48. The number of hydrogen-bond donors (Lipinski definition) is 2. The maximum absolute atomic E-state index is 14.4. The standard InChI is InChI=1S/C39H49N9O4/c1-4-17-45-27-37(50)47-34(20-29-13-15-33(49)16-14-29)38(51)44(26-36(47)48(45)39(52)40-21-30-9-6-5-7-10-30)23-31-11-8-12-35(41-31)43-24-32(25-43)46-19-18-42(3)22-28(46)2/h4-16,28,32,34,36,49H,1,17-27H2,2-3H3,(H,40,52)/t28-,34-,36?/m0/s1. The molecule has 4 fully saturated rings. The van der Waals surface area contributed by atoms with Crippen molar-refractivity contribution in [2.75, 3.05) is 64.3 Å². The fourth-order valence-corrected chi connectivity index (χ4v) is 8.03. The number of nitrogens with zero attached hydrogens (tertiary/aromatic N) is 8. The number of phenolic OH excluding ortho intramolecular Hbond substituents is 1. The van der Waals surface area contributed by atoms with E-state index in [1.54, 1.807) is 50.2 Å². The molecule has 0 radical (unpaired) electrons. The van der Waals surface area contributed by atoms with Crippen molar-refractivity contribution in [3.63, 3.8) is 0 Å². The van der Waals surface area contributed by atoms with E-state index >= 15 is 0 Å². The van der Waals surface area contributed by atoms with Crippen LogP contribution in [0.1, 0.15) is 23.7 Å². The highest BCUT2D eigenvalue weighted by atomic mass is 16.3. The Balaban J connectivity index is 1.13. The number of aromatic nitrogens is 1. The summed E-state index contributed by atoms with van der Waals surface area (Å²) in [6.07, 6.45) is 1.13. The largest absolute Gasteiger partial charge is 0.508 e. The molecule has 0 spiro atoms. The van der Waals surface area contributed by atoms with E-state index in [0.717, 1.165) is 55.4 Å². The Bertz CT molecular complexity index is 1750. The molecule has 3 atom stereocenters. The van der Waals surface area contributed by atoms with Crippen LogP contribution in [0.5, 0.6) is 5.75 Å². The van der Waals surface area contributed by atoms with E-state index < -0.39 is 12.2 Å². The number of amides is 4. The van der Waals surface area contributed by atoms with Gasteiger partial charge >= 0.3 is 6.03 Å². The van der Waals surface area contributed by atoms with E-state index in [9.17, 15) is 19.5 Å². The fraction of sp³-hybridized carbons (Fsp3) is 0.436. The van der Waals surface area contributed by atoms with Crippen molar-refractivity contribution in [3.8, 4) is 5.75 Å². The number of fused-ring (bicyclic) bond motifs is 1. The van der Waals surface area contributed by atoms with Gasteiger partial charge in [-0.05, 0) is 49.4 Å². The molecule has 0 bridgehead atoms. The lowest BCUT2D eigenvalue weighted by Crippen LogP contribution is -2.76. The van der Waals surface area contributed by atoms with Crippen LogP contribution in [0.25, 0.3) is 0 Å². The number of phenols is 1. The van der Waals surface area contributed by atoms with Gasteiger partial charge in [0.25, 0.3) is 0 Å². The number of hydrogen-bond acceptors (Lipinski definition) is 9. The van der Waals surface area contributed by atoms with E-state index in [0.29, 0.717) is 18.6 Å². The van der Waals surface area contributed by atoms with Crippen LogP contribution in [0.2, 0.25) is 0 Å². The normalized spacial score (nSPS) is 23.4. The smallest absolute Gasteiger partial charge is 0.334 e. The Kier molecular flexibility index (Phi) is 10.4. The van der Waals surface area contributed by atoms with Crippen molar-refractivity contribution in [1.29, 1.82) is 0 Å². The van der Waals surface area contributed by atoms with Gasteiger partial charge < -0.3 is 30.0 Å². The lowest BCUT2D eigenvalue weighted by molar-refractivity contribution is -0.189. The molecule has 52 heavy (non-hydrogen) atoms. The summed E-state index contributed by atoms with van der Waals surface area (Å²) in [5.74, 6) is 0.554. The van der Waals surface area contributed by atoms with Gasteiger partial charge in [0.05, 0.1) is 25.3 Å². The van der Waals surface area contributed by atoms with Gasteiger partial charge in [0.1, 0.15) is 23.8 Å². The van der Waals surface area contributed by atoms with Crippen molar-refractivity contribution in [1.82, 2.24) is 39.9 Å². The second-order valence-corrected chi connectivity index (χ2v) is 14.4. The van der Waals surface area contributed by atoms with E-state index in [1.807, 2.05) is 48.5 Å². The van der Waals surface area contributed by atoms with Crippen LogP contribution in [0.15, 0.2) is 85.5 Å². The van der Waals surface area contributed by atoms with Gasteiger partial charge in [-0.3, -0.25) is 14.5 Å². The molecule has 3 aromatic rings. The highest BCUT2D eigenvalue weighted by molar-refractivity contribution is 5.91. The van der Waals surface area contributed by atoms with Gasteiger partial charge in [-0.25, -0.2) is 19.8 Å². The predicted molar refractivity (Wildman–Crippen MR) is 198 cm³/mol. The first-order valence-corrected chi connectivity index (χ1v) is 18.2. The maximum atomic E-state index is 14.4. The molecule has 4 aliphatic heterocycles. The van der Waals surface area contributed by atoms with E-state index in [1.165, 1.54) is 0 Å². The summed E-state index contributed by atoms with van der Waals surface area (Å²) in [5, 5.41) is 16.2. The average molecular weight is 708 g/mol. The molecular formula is C39H49N9O4.